The van der Waals surface area contributed by atoms with Gasteiger partial charge >= 0.3 is 5.97 Å². The maximum atomic E-state index is 12.6. The van der Waals surface area contributed by atoms with E-state index in [9.17, 15) is 14.7 Å². The second-order valence-electron chi connectivity index (χ2n) is 6.38. The van der Waals surface area contributed by atoms with Gasteiger partial charge in [0.1, 0.15) is 6.54 Å². The van der Waals surface area contributed by atoms with E-state index in [1.807, 2.05) is 19.2 Å². The number of aromatic nitrogens is 3. The summed E-state index contributed by atoms with van der Waals surface area (Å²) in [5, 5.41) is 20.1. The Morgan fingerprint density at radius 3 is 2.67 bits per heavy atom. The fraction of sp³-hybridized carbons (Fsp3) is 0.263. The molecule has 0 spiro atoms. The zero-order chi connectivity index (χ0) is 19.4. The number of nitrogens with one attached hydrogen (secondary N) is 1. The number of aliphatic carboxylic acids is 1. The molecule has 3 aromatic rings. The van der Waals surface area contributed by atoms with Gasteiger partial charge < -0.3 is 14.9 Å². The first-order valence-corrected chi connectivity index (χ1v) is 8.47. The lowest BCUT2D eigenvalue weighted by atomic mass is 9.94. The second kappa shape index (κ2) is 7.86. The molecule has 1 aromatic carbocycles. The normalized spacial score (nSPS) is 13.1. The SMILES string of the molecule is Cc1cnn(Cc2cc(C(=O)NC(c3ccccc3)C(C)C(=O)O)no2)c1. The van der Waals surface area contributed by atoms with Crippen molar-refractivity contribution in [1.82, 2.24) is 20.3 Å². The third kappa shape index (κ3) is 4.41. The summed E-state index contributed by atoms with van der Waals surface area (Å²) in [5.41, 5.74) is 1.81. The van der Waals surface area contributed by atoms with Crippen LogP contribution in [0.2, 0.25) is 0 Å². The number of nitrogens with zero attached hydrogens (tertiary/aromatic N) is 3. The molecule has 8 nitrogen and oxygen atoms in total. The number of benzene rings is 1. The van der Waals surface area contributed by atoms with Crippen LogP contribution in [0.3, 0.4) is 0 Å². The molecule has 1 amide bonds. The number of carbonyl (C=O) groups is 2. The summed E-state index contributed by atoms with van der Waals surface area (Å²) in [6.45, 7) is 3.83. The van der Waals surface area contributed by atoms with Gasteiger partial charge in [0.15, 0.2) is 11.5 Å². The molecule has 2 unspecified atom stereocenters. The lowest BCUT2D eigenvalue weighted by Crippen LogP contribution is -2.35. The smallest absolute Gasteiger partial charge is 0.308 e. The van der Waals surface area contributed by atoms with Crippen molar-refractivity contribution in [3.05, 3.63) is 71.4 Å². The molecule has 0 saturated heterocycles. The first-order chi connectivity index (χ1) is 12.9. The summed E-state index contributed by atoms with van der Waals surface area (Å²) in [6, 6.07) is 9.81. The van der Waals surface area contributed by atoms with Crippen LogP contribution in [-0.2, 0) is 11.3 Å². The molecule has 2 N–H and O–H groups in total. The fourth-order valence-corrected chi connectivity index (χ4v) is 2.72. The lowest BCUT2D eigenvalue weighted by molar-refractivity contribution is -0.142. The van der Waals surface area contributed by atoms with E-state index in [-0.39, 0.29) is 5.69 Å². The topological polar surface area (TPSA) is 110 Å². The molecule has 0 radical (unpaired) electrons. The van der Waals surface area contributed by atoms with Crippen LogP contribution in [0.1, 0.15) is 40.3 Å². The Morgan fingerprint density at radius 2 is 2.04 bits per heavy atom. The maximum absolute atomic E-state index is 12.6. The molecule has 0 aliphatic carbocycles. The van der Waals surface area contributed by atoms with Crippen molar-refractivity contribution in [2.75, 3.05) is 0 Å². The van der Waals surface area contributed by atoms with Crippen molar-refractivity contribution in [1.29, 1.82) is 0 Å². The molecule has 2 heterocycles. The summed E-state index contributed by atoms with van der Waals surface area (Å²) in [5.74, 6) is -1.83. The monoisotopic (exact) mass is 368 g/mol. The highest BCUT2D eigenvalue weighted by Gasteiger charge is 2.28. The maximum Gasteiger partial charge on any atom is 0.308 e. The Kier molecular flexibility index (Phi) is 5.35. The van der Waals surface area contributed by atoms with Crippen LogP contribution in [0, 0.1) is 12.8 Å². The second-order valence-corrected chi connectivity index (χ2v) is 6.38. The van der Waals surface area contributed by atoms with Gasteiger partial charge in [-0.05, 0) is 25.0 Å². The van der Waals surface area contributed by atoms with Crippen molar-refractivity contribution in [2.45, 2.75) is 26.4 Å². The highest BCUT2D eigenvalue weighted by Crippen LogP contribution is 2.23. The first-order valence-electron chi connectivity index (χ1n) is 8.47. The molecule has 140 valence electrons. The molecular formula is C19H20N4O4. The standard InChI is InChI=1S/C19H20N4O4/c1-12-9-20-23(10-12)11-15-8-16(22-27-15)18(24)21-17(13(2)19(25)26)14-6-4-3-5-7-14/h3-10,13,17H,11H2,1-2H3,(H,21,24)(H,25,26). The van der Waals surface area contributed by atoms with Crippen molar-refractivity contribution in [3.63, 3.8) is 0 Å². The predicted octanol–water partition coefficient (Wildman–Crippen LogP) is 2.42. The van der Waals surface area contributed by atoms with Gasteiger partial charge in [-0.1, -0.05) is 35.5 Å². The van der Waals surface area contributed by atoms with Crippen LogP contribution in [-0.4, -0.2) is 31.9 Å². The Labute approximate surface area is 155 Å². The minimum absolute atomic E-state index is 0.0902. The number of rotatable bonds is 7. The van der Waals surface area contributed by atoms with Crippen molar-refractivity contribution in [2.24, 2.45) is 5.92 Å². The number of hydrogen-bond acceptors (Lipinski definition) is 5. The van der Waals surface area contributed by atoms with Gasteiger partial charge in [0.05, 0.1) is 18.2 Å². The first kappa shape index (κ1) is 18.4. The summed E-state index contributed by atoms with van der Waals surface area (Å²) in [6.07, 6.45) is 3.57. The van der Waals surface area contributed by atoms with Crippen LogP contribution in [0.25, 0.3) is 0 Å². The van der Waals surface area contributed by atoms with Crippen LogP contribution in [0.4, 0.5) is 0 Å². The minimum Gasteiger partial charge on any atom is -0.481 e. The van der Waals surface area contributed by atoms with Crippen LogP contribution >= 0.6 is 0 Å². The van der Waals surface area contributed by atoms with E-state index >= 15 is 0 Å². The van der Waals surface area contributed by atoms with Gasteiger partial charge in [0, 0.05) is 12.3 Å². The van der Waals surface area contributed by atoms with E-state index in [4.69, 9.17) is 4.52 Å². The Hall–Kier alpha value is -3.42. The quantitative estimate of drug-likeness (QED) is 0.663. The highest BCUT2D eigenvalue weighted by atomic mass is 16.5. The molecule has 0 aliphatic heterocycles. The average Bonchev–Trinajstić information content (AvgIpc) is 3.29. The Bertz CT molecular complexity index is 932. The van der Waals surface area contributed by atoms with Gasteiger partial charge in [0.25, 0.3) is 5.91 Å². The van der Waals surface area contributed by atoms with Crippen molar-refractivity contribution >= 4 is 11.9 Å². The predicted molar refractivity (Wildman–Crippen MR) is 96.0 cm³/mol. The van der Waals surface area contributed by atoms with E-state index < -0.39 is 23.8 Å². The zero-order valence-corrected chi connectivity index (χ0v) is 15.0. The van der Waals surface area contributed by atoms with E-state index in [1.54, 1.807) is 42.1 Å². The number of amides is 1. The van der Waals surface area contributed by atoms with Crippen LogP contribution in [0.15, 0.2) is 53.3 Å². The van der Waals surface area contributed by atoms with Crippen LogP contribution < -0.4 is 5.32 Å². The van der Waals surface area contributed by atoms with E-state index in [0.29, 0.717) is 17.9 Å². The summed E-state index contributed by atoms with van der Waals surface area (Å²) >= 11 is 0. The summed E-state index contributed by atoms with van der Waals surface area (Å²) in [7, 11) is 0. The average molecular weight is 368 g/mol. The molecule has 0 aliphatic rings. The molecule has 2 atom stereocenters. The molecule has 27 heavy (non-hydrogen) atoms. The summed E-state index contributed by atoms with van der Waals surface area (Å²) in [4.78, 5) is 24.0. The molecule has 8 heteroatoms. The Morgan fingerprint density at radius 1 is 1.30 bits per heavy atom. The van der Waals surface area contributed by atoms with Gasteiger partial charge in [-0.25, -0.2) is 0 Å². The molecule has 0 fully saturated rings. The largest absolute Gasteiger partial charge is 0.481 e. The van der Waals surface area contributed by atoms with E-state index in [0.717, 1.165) is 5.56 Å². The zero-order valence-electron chi connectivity index (χ0n) is 15.0. The minimum atomic E-state index is -1.00. The lowest BCUT2D eigenvalue weighted by Gasteiger charge is -2.22. The van der Waals surface area contributed by atoms with Crippen molar-refractivity contribution in [3.8, 4) is 0 Å². The number of hydrogen-bond donors (Lipinski definition) is 2. The number of aryl methyl sites for hydroxylation is 1. The number of carboxylic acids is 1. The van der Waals surface area contributed by atoms with Crippen molar-refractivity contribution < 1.29 is 19.2 Å². The molecular weight excluding hydrogens is 348 g/mol. The molecule has 3 rings (SSSR count). The molecule has 2 aromatic heterocycles. The summed E-state index contributed by atoms with van der Waals surface area (Å²) < 4.78 is 6.88. The highest BCUT2D eigenvalue weighted by molar-refractivity contribution is 5.92. The third-order valence-corrected chi connectivity index (χ3v) is 4.21. The van der Waals surface area contributed by atoms with Gasteiger partial charge in [-0.3, -0.25) is 14.3 Å². The van der Waals surface area contributed by atoms with Gasteiger partial charge in [-0.15, -0.1) is 0 Å². The fourth-order valence-electron chi connectivity index (χ4n) is 2.72. The van der Waals surface area contributed by atoms with Crippen LogP contribution in [0.5, 0.6) is 0 Å². The molecule has 0 saturated carbocycles. The third-order valence-electron chi connectivity index (χ3n) is 4.21. The Balaban J connectivity index is 1.75. The number of carboxylic acid groups (broad SMARTS) is 1. The van der Waals surface area contributed by atoms with E-state index in [1.165, 1.54) is 6.07 Å². The van der Waals surface area contributed by atoms with Gasteiger partial charge in [-0.2, -0.15) is 5.10 Å². The molecule has 0 bridgehead atoms. The van der Waals surface area contributed by atoms with Gasteiger partial charge in [0.2, 0.25) is 0 Å². The number of carbonyl (C=O) groups excluding carboxylic acids is 1. The van der Waals surface area contributed by atoms with E-state index in [2.05, 4.69) is 15.6 Å².